The molecule has 5 heteroatoms. The lowest BCUT2D eigenvalue weighted by Gasteiger charge is -2.36. The number of ketones is 1. The van der Waals surface area contributed by atoms with Crippen LogP contribution in [-0.4, -0.2) is 33.4 Å². The fraction of sp³-hybridized carbons (Fsp3) is 0.207. The molecule has 0 aromatic heterocycles. The SMILES string of the molecule is C[C@H](c1ccccc1)N1C(=O)[C@@H]2[C@H](C1=O)[C@H]1c3ccccc3C=CN1[C@@H]2C(=O)c1ccccc1. The van der Waals surface area contributed by atoms with Crippen molar-refractivity contribution in [2.45, 2.75) is 25.0 Å². The van der Waals surface area contributed by atoms with E-state index in [0.717, 1.165) is 16.7 Å². The predicted octanol–water partition coefficient (Wildman–Crippen LogP) is 4.64. The van der Waals surface area contributed by atoms with Gasteiger partial charge in [0.1, 0.15) is 6.04 Å². The Morgan fingerprint density at radius 2 is 1.41 bits per heavy atom. The number of hydrogen-bond donors (Lipinski definition) is 0. The highest BCUT2D eigenvalue weighted by atomic mass is 16.2. The molecule has 0 saturated carbocycles. The molecule has 0 spiro atoms. The number of nitrogens with zero attached hydrogens (tertiary/aromatic N) is 2. The Labute approximate surface area is 198 Å². The van der Waals surface area contributed by atoms with Crippen LogP contribution in [0.15, 0.2) is 91.1 Å². The molecule has 2 fully saturated rings. The van der Waals surface area contributed by atoms with Gasteiger partial charge in [-0.2, -0.15) is 0 Å². The fourth-order valence-corrected chi connectivity index (χ4v) is 5.92. The molecule has 0 unspecified atom stereocenters. The molecule has 168 valence electrons. The topological polar surface area (TPSA) is 57.7 Å². The molecule has 0 radical (unpaired) electrons. The zero-order chi connectivity index (χ0) is 23.4. The highest BCUT2D eigenvalue weighted by Gasteiger charge is 2.64. The monoisotopic (exact) mass is 448 g/mol. The van der Waals surface area contributed by atoms with Crippen LogP contribution in [0.1, 0.15) is 46.1 Å². The number of amides is 2. The van der Waals surface area contributed by atoms with Gasteiger partial charge >= 0.3 is 0 Å². The van der Waals surface area contributed by atoms with Gasteiger partial charge in [-0.1, -0.05) is 84.9 Å². The van der Waals surface area contributed by atoms with E-state index >= 15 is 0 Å². The van der Waals surface area contributed by atoms with Gasteiger partial charge in [-0.15, -0.1) is 0 Å². The molecule has 0 aliphatic carbocycles. The second-order valence-electron chi connectivity index (χ2n) is 9.20. The van der Waals surface area contributed by atoms with E-state index in [9.17, 15) is 14.4 Å². The molecule has 5 nitrogen and oxygen atoms in total. The Bertz CT molecular complexity index is 1320. The fourth-order valence-electron chi connectivity index (χ4n) is 5.92. The third-order valence-corrected chi connectivity index (χ3v) is 7.49. The summed E-state index contributed by atoms with van der Waals surface area (Å²) in [6, 6.07) is 25.1. The maximum absolute atomic E-state index is 13.9. The second kappa shape index (κ2) is 7.80. The van der Waals surface area contributed by atoms with E-state index in [-0.39, 0.29) is 23.6 Å². The standard InChI is InChI=1S/C29H24N2O3/c1-18(19-10-4-2-5-11-19)31-28(33)23-24(29(31)34)26(27(32)21-13-6-3-7-14-21)30-17-16-20-12-8-9-15-22(20)25(23)30/h2-18,23-26H,1H3/t18-,23+,24-,25-,26+/m1/s1. The van der Waals surface area contributed by atoms with Crippen molar-refractivity contribution < 1.29 is 14.4 Å². The van der Waals surface area contributed by atoms with Crippen LogP contribution in [0.2, 0.25) is 0 Å². The van der Waals surface area contributed by atoms with Crippen LogP contribution < -0.4 is 0 Å². The Hall–Kier alpha value is -3.99. The molecule has 3 aromatic rings. The number of Topliss-reactive ketones (excluding diaryl/α,β-unsaturated/α-hetero) is 1. The highest BCUT2D eigenvalue weighted by Crippen LogP contribution is 2.54. The molecular weight excluding hydrogens is 424 g/mol. The average molecular weight is 449 g/mol. The largest absolute Gasteiger partial charge is 0.358 e. The number of benzene rings is 3. The van der Waals surface area contributed by atoms with Crippen molar-refractivity contribution in [1.82, 2.24) is 9.80 Å². The Balaban J connectivity index is 1.48. The van der Waals surface area contributed by atoms with E-state index in [1.807, 2.05) is 96.9 Å². The summed E-state index contributed by atoms with van der Waals surface area (Å²) in [6.07, 6.45) is 3.86. The van der Waals surface area contributed by atoms with Crippen molar-refractivity contribution in [3.05, 3.63) is 113 Å². The normalized spacial score (nSPS) is 25.7. The minimum Gasteiger partial charge on any atom is -0.358 e. The number of rotatable bonds is 4. The van der Waals surface area contributed by atoms with Crippen molar-refractivity contribution in [3.63, 3.8) is 0 Å². The lowest BCUT2D eigenvalue weighted by Crippen LogP contribution is -2.44. The van der Waals surface area contributed by atoms with Crippen LogP contribution in [0.5, 0.6) is 0 Å². The Kier molecular flexibility index (Phi) is 4.73. The van der Waals surface area contributed by atoms with E-state index in [4.69, 9.17) is 0 Å². The average Bonchev–Trinajstić information content (AvgIpc) is 3.36. The van der Waals surface area contributed by atoms with Gasteiger partial charge in [-0.25, -0.2) is 0 Å². The lowest BCUT2D eigenvalue weighted by molar-refractivity contribution is -0.143. The first-order chi connectivity index (χ1) is 16.6. The highest BCUT2D eigenvalue weighted by molar-refractivity contribution is 6.12. The van der Waals surface area contributed by atoms with Crippen molar-refractivity contribution >= 4 is 23.7 Å². The molecule has 6 rings (SSSR count). The number of hydrogen-bond acceptors (Lipinski definition) is 4. The van der Waals surface area contributed by atoms with Crippen molar-refractivity contribution in [2.24, 2.45) is 11.8 Å². The summed E-state index contributed by atoms with van der Waals surface area (Å²) >= 11 is 0. The van der Waals surface area contributed by atoms with Gasteiger partial charge in [0.25, 0.3) is 0 Å². The van der Waals surface area contributed by atoms with Gasteiger partial charge in [0, 0.05) is 11.8 Å². The Morgan fingerprint density at radius 3 is 2.15 bits per heavy atom. The molecule has 2 amide bonds. The zero-order valence-electron chi connectivity index (χ0n) is 18.7. The quantitative estimate of drug-likeness (QED) is 0.431. The van der Waals surface area contributed by atoms with Gasteiger partial charge in [0.2, 0.25) is 11.8 Å². The van der Waals surface area contributed by atoms with E-state index in [0.29, 0.717) is 5.56 Å². The summed E-state index contributed by atoms with van der Waals surface area (Å²) in [4.78, 5) is 45.0. The van der Waals surface area contributed by atoms with Crippen LogP contribution in [0.3, 0.4) is 0 Å². The number of fused-ring (bicyclic) bond motifs is 5. The number of likely N-dealkylation sites (tertiary alicyclic amines) is 1. The summed E-state index contributed by atoms with van der Waals surface area (Å²) in [5.41, 5.74) is 3.45. The van der Waals surface area contributed by atoms with E-state index < -0.39 is 23.9 Å². The first-order valence-corrected chi connectivity index (χ1v) is 11.6. The van der Waals surface area contributed by atoms with Crippen LogP contribution in [0, 0.1) is 11.8 Å². The minimum atomic E-state index is -0.730. The molecule has 2 saturated heterocycles. The summed E-state index contributed by atoms with van der Waals surface area (Å²) in [5, 5.41) is 0. The first-order valence-electron chi connectivity index (χ1n) is 11.6. The molecule has 3 aliphatic heterocycles. The van der Waals surface area contributed by atoms with Gasteiger partial charge in [0.15, 0.2) is 5.78 Å². The second-order valence-corrected chi connectivity index (χ2v) is 9.20. The Morgan fingerprint density at radius 1 is 0.794 bits per heavy atom. The summed E-state index contributed by atoms with van der Waals surface area (Å²) in [6.45, 7) is 1.88. The predicted molar refractivity (Wildman–Crippen MR) is 128 cm³/mol. The molecule has 3 heterocycles. The minimum absolute atomic E-state index is 0.127. The van der Waals surface area contributed by atoms with Crippen LogP contribution in [-0.2, 0) is 9.59 Å². The van der Waals surface area contributed by atoms with Crippen LogP contribution in [0.4, 0.5) is 0 Å². The lowest BCUT2D eigenvalue weighted by atomic mass is 9.83. The van der Waals surface area contributed by atoms with Crippen molar-refractivity contribution in [2.75, 3.05) is 0 Å². The van der Waals surface area contributed by atoms with E-state index in [1.54, 1.807) is 12.1 Å². The van der Waals surface area contributed by atoms with Gasteiger partial charge < -0.3 is 4.90 Å². The number of carbonyl (C=O) groups excluding carboxylic acids is 3. The molecule has 3 aromatic carbocycles. The van der Waals surface area contributed by atoms with Crippen molar-refractivity contribution in [3.8, 4) is 0 Å². The first kappa shape index (κ1) is 20.6. The third-order valence-electron chi connectivity index (χ3n) is 7.49. The van der Waals surface area contributed by atoms with Crippen LogP contribution in [0.25, 0.3) is 6.08 Å². The molecule has 3 aliphatic rings. The molecule has 34 heavy (non-hydrogen) atoms. The maximum Gasteiger partial charge on any atom is 0.236 e. The van der Waals surface area contributed by atoms with Gasteiger partial charge in [-0.3, -0.25) is 19.3 Å². The van der Waals surface area contributed by atoms with Crippen molar-refractivity contribution in [1.29, 1.82) is 0 Å². The van der Waals surface area contributed by atoms with Gasteiger partial charge in [0.05, 0.1) is 23.9 Å². The third kappa shape index (κ3) is 2.90. The summed E-state index contributed by atoms with van der Waals surface area (Å²) < 4.78 is 0. The van der Waals surface area contributed by atoms with Crippen LogP contribution >= 0.6 is 0 Å². The van der Waals surface area contributed by atoms with Gasteiger partial charge in [-0.05, 0) is 29.7 Å². The summed E-state index contributed by atoms with van der Waals surface area (Å²) in [7, 11) is 0. The van der Waals surface area contributed by atoms with E-state index in [1.165, 1.54) is 4.90 Å². The smallest absolute Gasteiger partial charge is 0.236 e. The molecular formula is C29H24N2O3. The maximum atomic E-state index is 13.9. The number of imide groups is 1. The molecule has 0 bridgehead atoms. The summed E-state index contributed by atoms with van der Waals surface area (Å²) in [5.74, 6) is -1.93. The number of carbonyl (C=O) groups is 3. The zero-order valence-corrected chi connectivity index (χ0v) is 18.7. The van der Waals surface area contributed by atoms with E-state index in [2.05, 4.69) is 0 Å². The molecule has 5 atom stereocenters. The molecule has 0 N–H and O–H groups in total.